The molecule has 0 radical (unpaired) electrons. The van der Waals surface area contributed by atoms with Crippen LogP contribution in [-0.4, -0.2) is 28.0 Å². The minimum absolute atomic E-state index is 0.197. The minimum Gasteiger partial charge on any atom is -0.342 e. The van der Waals surface area contributed by atoms with E-state index in [9.17, 15) is 4.39 Å². The van der Waals surface area contributed by atoms with E-state index in [4.69, 9.17) is 5.26 Å². The molecule has 1 atom stereocenters. The molecule has 5 heteroatoms. The molecule has 2 aromatic carbocycles. The average molecular weight is 320 g/mol. The zero-order chi connectivity index (χ0) is 16.5. The largest absolute Gasteiger partial charge is 0.342 e. The van der Waals surface area contributed by atoms with Crippen LogP contribution in [0.15, 0.2) is 42.5 Å². The van der Waals surface area contributed by atoms with Crippen LogP contribution in [0.4, 0.5) is 4.39 Å². The minimum atomic E-state index is -0.197. The van der Waals surface area contributed by atoms with Crippen molar-refractivity contribution in [2.24, 2.45) is 0 Å². The topological polar surface area (TPSA) is 55.7 Å². The summed E-state index contributed by atoms with van der Waals surface area (Å²) in [5.74, 6) is 1.15. The number of benzene rings is 2. The molecule has 1 unspecified atom stereocenters. The number of aromatic amines is 1. The molecule has 4 rings (SSSR count). The third-order valence-electron chi connectivity index (χ3n) is 4.61. The summed E-state index contributed by atoms with van der Waals surface area (Å²) in [6.45, 7) is 2.76. The van der Waals surface area contributed by atoms with E-state index >= 15 is 0 Å². The fourth-order valence-electron chi connectivity index (χ4n) is 3.34. The van der Waals surface area contributed by atoms with Crippen molar-refractivity contribution in [3.8, 4) is 6.07 Å². The fraction of sp³-hybridized carbons (Fsp3) is 0.263. The van der Waals surface area contributed by atoms with Gasteiger partial charge in [-0.25, -0.2) is 9.37 Å². The molecule has 1 aliphatic rings. The second kappa shape index (κ2) is 6.06. The van der Waals surface area contributed by atoms with E-state index in [1.165, 1.54) is 12.1 Å². The summed E-state index contributed by atoms with van der Waals surface area (Å²) in [6, 6.07) is 14.4. The number of nitrogens with one attached hydrogen (secondary N) is 1. The van der Waals surface area contributed by atoms with Gasteiger partial charge in [0.05, 0.1) is 22.7 Å². The Bertz CT molecular complexity index is 907. The summed E-state index contributed by atoms with van der Waals surface area (Å²) in [6.07, 6.45) is 1.05. The van der Waals surface area contributed by atoms with Crippen molar-refractivity contribution in [2.75, 3.05) is 13.1 Å². The normalized spacial score (nSPS) is 18.1. The van der Waals surface area contributed by atoms with Gasteiger partial charge in [0.15, 0.2) is 0 Å². The monoisotopic (exact) mass is 320 g/mol. The van der Waals surface area contributed by atoms with Crippen molar-refractivity contribution in [2.45, 2.75) is 18.9 Å². The standard InChI is InChI=1S/C19H17FN4/c20-16-4-1-13(2-5-16)11-24-8-7-15(12-24)19-22-17-6-3-14(10-21)9-18(17)23-19/h1-6,9,15H,7-8,11-12H2,(H,22,23). The predicted octanol–water partition coefficient (Wildman–Crippen LogP) is 3.56. The summed E-state index contributed by atoms with van der Waals surface area (Å²) in [5, 5.41) is 8.99. The lowest BCUT2D eigenvalue weighted by atomic mass is 10.1. The highest BCUT2D eigenvalue weighted by molar-refractivity contribution is 5.76. The zero-order valence-electron chi connectivity index (χ0n) is 13.2. The lowest BCUT2D eigenvalue weighted by Crippen LogP contribution is -2.19. The lowest BCUT2D eigenvalue weighted by molar-refractivity contribution is 0.326. The van der Waals surface area contributed by atoms with Gasteiger partial charge in [0.2, 0.25) is 0 Å². The van der Waals surface area contributed by atoms with Gasteiger partial charge in [-0.1, -0.05) is 12.1 Å². The Morgan fingerprint density at radius 1 is 1.25 bits per heavy atom. The average Bonchev–Trinajstić information content (AvgIpc) is 3.22. The van der Waals surface area contributed by atoms with Crippen LogP contribution < -0.4 is 0 Å². The van der Waals surface area contributed by atoms with Crippen molar-refractivity contribution >= 4 is 11.0 Å². The van der Waals surface area contributed by atoms with E-state index in [1.54, 1.807) is 6.07 Å². The van der Waals surface area contributed by atoms with Gasteiger partial charge in [-0.3, -0.25) is 4.90 Å². The molecular formula is C19H17FN4. The molecule has 1 fully saturated rings. The first kappa shape index (κ1) is 14.9. The van der Waals surface area contributed by atoms with Crippen LogP contribution in [0, 0.1) is 17.1 Å². The van der Waals surface area contributed by atoms with Crippen LogP contribution in [0.3, 0.4) is 0 Å². The number of nitriles is 1. The molecule has 24 heavy (non-hydrogen) atoms. The number of likely N-dealkylation sites (tertiary alicyclic amines) is 1. The summed E-state index contributed by atoms with van der Waals surface area (Å²) in [4.78, 5) is 10.4. The number of nitrogens with zero attached hydrogens (tertiary/aromatic N) is 3. The Balaban J connectivity index is 1.48. The van der Waals surface area contributed by atoms with Crippen LogP contribution in [0.25, 0.3) is 11.0 Å². The van der Waals surface area contributed by atoms with Crippen LogP contribution in [0.5, 0.6) is 0 Å². The Morgan fingerprint density at radius 3 is 2.88 bits per heavy atom. The number of hydrogen-bond donors (Lipinski definition) is 1. The quantitative estimate of drug-likeness (QED) is 0.803. The van der Waals surface area contributed by atoms with Gasteiger partial charge < -0.3 is 4.98 Å². The summed E-state index contributed by atoms with van der Waals surface area (Å²) >= 11 is 0. The lowest BCUT2D eigenvalue weighted by Gasteiger charge is -2.15. The molecule has 0 spiro atoms. The SMILES string of the molecule is N#Cc1ccc2nc(C3CCN(Cc4ccc(F)cc4)C3)[nH]c2c1. The summed E-state index contributed by atoms with van der Waals surface area (Å²) in [5.41, 5.74) is 3.59. The molecule has 1 N–H and O–H groups in total. The Kier molecular flexibility index (Phi) is 3.75. The highest BCUT2D eigenvalue weighted by Crippen LogP contribution is 2.28. The maximum absolute atomic E-state index is 13.0. The maximum Gasteiger partial charge on any atom is 0.123 e. The molecule has 1 aromatic heterocycles. The number of fused-ring (bicyclic) bond motifs is 1. The molecule has 0 aliphatic carbocycles. The smallest absolute Gasteiger partial charge is 0.123 e. The first-order chi connectivity index (χ1) is 11.7. The predicted molar refractivity (Wildman–Crippen MR) is 89.8 cm³/mol. The van der Waals surface area contributed by atoms with Gasteiger partial charge in [-0.2, -0.15) is 5.26 Å². The van der Waals surface area contributed by atoms with Gasteiger partial charge in [-0.15, -0.1) is 0 Å². The third kappa shape index (κ3) is 2.89. The van der Waals surface area contributed by atoms with Gasteiger partial charge in [-0.05, 0) is 48.9 Å². The van der Waals surface area contributed by atoms with Crippen LogP contribution in [-0.2, 0) is 6.54 Å². The number of halogens is 1. The highest BCUT2D eigenvalue weighted by Gasteiger charge is 2.26. The van der Waals surface area contributed by atoms with E-state index in [1.807, 2.05) is 24.3 Å². The first-order valence-electron chi connectivity index (χ1n) is 8.08. The summed E-state index contributed by atoms with van der Waals surface area (Å²) in [7, 11) is 0. The highest BCUT2D eigenvalue weighted by atomic mass is 19.1. The van der Waals surface area contributed by atoms with E-state index in [2.05, 4.69) is 20.9 Å². The Labute approximate surface area is 139 Å². The van der Waals surface area contributed by atoms with Gasteiger partial charge in [0, 0.05) is 19.0 Å². The zero-order valence-corrected chi connectivity index (χ0v) is 13.2. The molecule has 1 saturated heterocycles. The Hall–Kier alpha value is -2.71. The van der Waals surface area contributed by atoms with Crippen molar-refractivity contribution < 1.29 is 4.39 Å². The van der Waals surface area contributed by atoms with Gasteiger partial charge >= 0.3 is 0 Å². The molecule has 2 heterocycles. The number of imidazole rings is 1. The molecule has 4 nitrogen and oxygen atoms in total. The molecule has 120 valence electrons. The van der Waals surface area contributed by atoms with Crippen molar-refractivity contribution in [3.63, 3.8) is 0 Å². The number of aromatic nitrogens is 2. The number of H-pyrrole nitrogens is 1. The second-order valence-electron chi connectivity index (χ2n) is 6.31. The molecule has 3 aromatic rings. The van der Waals surface area contributed by atoms with Crippen LogP contribution >= 0.6 is 0 Å². The third-order valence-corrected chi connectivity index (χ3v) is 4.61. The van der Waals surface area contributed by atoms with Gasteiger partial charge in [0.1, 0.15) is 11.6 Å². The molecule has 1 aliphatic heterocycles. The molecule has 0 amide bonds. The van der Waals surface area contributed by atoms with E-state index in [0.29, 0.717) is 11.5 Å². The maximum atomic E-state index is 13.0. The molecule has 0 saturated carbocycles. The van der Waals surface area contributed by atoms with Crippen molar-refractivity contribution in [1.82, 2.24) is 14.9 Å². The van der Waals surface area contributed by atoms with Crippen molar-refractivity contribution in [3.05, 3.63) is 65.2 Å². The van der Waals surface area contributed by atoms with Crippen molar-refractivity contribution in [1.29, 1.82) is 5.26 Å². The van der Waals surface area contributed by atoms with Crippen LogP contribution in [0.2, 0.25) is 0 Å². The fourth-order valence-corrected chi connectivity index (χ4v) is 3.34. The van der Waals surface area contributed by atoms with Gasteiger partial charge in [0.25, 0.3) is 0 Å². The Morgan fingerprint density at radius 2 is 2.08 bits per heavy atom. The number of hydrogen-bond acceptors (Lipinski definition) is 3. The number of rotatable bonds is 3. The van der Waals surface area contributed by atoms with E-state index in [-0.39, 0.29) is 5.82 Å². The second-order valence-corrected chi connectivity index (χ2v) is 6.31. The summed E-state index contributed by atoms with van der Waals surface area (Å²) < 4.78 is 13.0. The molecule has 0 bridgehead atoms. The van der Waals surface area contributed by atoms with Crippen LogP contribution in [0.1, 0.15) is 29.3 Å². The first-order valence-corrected chi connectivity index (χ1v) is 8.08. The molecular weight excluding hydrogens is 303 g/mol. The van der Waals surface area contributed by atoms with E-state index in [0.717, 1.165) is 48.5 Å². The van der Waals surface area contributed by atoms with E-state index < -0.39 is 0 Å².